The number of benzene rings is 4. The zero-order chi connectivity index (χ0) is 69.7. The SMILES string of the molecule is CCSCC(NC(=O)[C@H](C)CS)C(=O)O.CSCC(NC(=O)[C@H](C)CS)C(=O)O.C[C@H](CS)C(=O)NC(CSCc1ccc(C2CCCCC2)cc1)C(=O)O.Cc1ccc(C)cc1.Cc1ccc(C)cc1.Cc1ccc(CSCC(NC(=O)[C@H](C)CS)C(=O)O)cc1. The number of carbonyl (C=O) groups excluding carboxylic acids is 4. The van der Waals surface area contributed by atoms with E-state index in [4.69, 9.17) is 15.3 Å². The molecule has 1 aliphatic rings. The predicted octanol–water partition coefficient (Wildman–Crippen LogP) is 12.4. The Morgan fingerprint density at radius 3 is 0.913 bits per heavy atom. The second-order valence-corrected chi connectivity index (χ2v) is 28.2. The van der Waals surface area contributed by atoms with Gasteiger partial charge < -0.3 is 41.7 Å². The summed E-state index contributed by atoms with van der Waals surface area (Å²) < 4.78 is 0. The minimum atomic E-state index is -1.01. The molecule has 4 amide bonds. The number of aryl methyl sites for hydroxylation is 5. The van der Waals surface area contributed by atoms with Crippen LogP contribution in [0, 0.1) is 58.3 Å². The molecule has 0 aromatic heterocycles. The van der Waals surface area contributed by atoms with Crippen LogP contribution in [0.4, 0.5) is 0 Å². The molecule has 0 spiro atoms. The van der Waals surface area contributed by atoms with Gasteiger partial charge in [0, 0.05) is 81.2 Å². The largest absolute Gasteiger partial charge is 0.480 e. The fourth-order valence-electron chi connectivity index (χ4n) is 7.56. The highest BCUT2D eigenvalue weighted by molar-refractivity contribution is 7.99. The maximum absolute atomic E-state index is 11.9. The van der Waals surface area contributed by atoms with Crippen molar-refractivity contribution in [3.8, 4) is 0 Å². The van der Waals surface area contributed by atoms with Gasteiger partial charge in [0.15, 0.2) is 0 Å². The second kappa shape index (κ2) is 51.7. The Bertz CT molecular complexity index is 2660. The third kappa shape index (κ3) is 40.6. The summed E-state index contributed by atoms with van der Waals surface area (Å²) >= 11 is 22.0. The van der Waals surface area contributed by atoms with Crippen LogP contribution < -0.4 is 21.3 Å². The van der Waals surface area contributed by atoms with E-state index in [-0.39, 0.29) is 47.3 Å². The first-order valence-corrected chi connectivity index (χ1v) is 38.0. The van der Waals surface area contributed by atoms with E-state index in [1.54, 1.807) is 34.0 Å². The van der Waals surface area contributed by atoms with Crippen LogP contribution in [0.5, 0.6) is 0 Å². The monoisotopic (exact) mass is 1420 g/mol. The molecule has 4 unspecified atom stereocenters. The molecule has 8 N–H and O–H groups in total. The number of thioether (sulfide) groups is 4. The third-order valence-electron chi connectivity index (χ3n) is 13.9. The Balaban J connectivity index is 0.00000113. The average Bonchev–Trinajstić information content (AvgIpc) is 1.48. The van der Waals surface area contributed by atoms with Gasteiger partial charge in [-0.3, -0.25) is 19.2 Å². The molecule has 514 valence electrons. The van der Waals surface area contributed by atoms with E-state index in [1.807, 2.05) is 38.1 Å². The van der Waals surface area contributed by atoms with Gasteiger partial charge >= 0.3 is 23.9 Å². The number of carboxylic acids is 4. The number of hydrogen-bond donors (Lipinski definition) is 12. The number of thiol groups is 4. The molecule has 5 rings (SSSR count). The Kier molecular flexibility index (Phi) is 49.2. The molecule has 92 heavy (non-hydrogen) atoms. The number of nitrogens with one attached hydrogen (secondary N) is 4. The fraction of sp³-hybridized carbons (Fsp3) is 0.529. The fourth-order valence-corrected chi connectivity index (χ4v) is 11.5. The van der Waals surface area contributed by atoms with Crippen molar-refractivity contribution in [3.05, 3.63) is 142 Å². The van der Waals surface area contributed by atoms with Crippen molar-refractivity contribution < 1.29 is 58.8 Å². The Labute approximate surface area is 586 Å². The maximum Gasteiger partial charge on any atom is 0.327 e. The van der Waals surface area contributed by atoms with E-state index in [0.29, 0.717) is 51.9 Å². The molecule has 16 nitrogen and oxygen atoms in total. The average molecular weight is 1420 g/mol. The molecule has 1 aliphatic carbocycles. The summed E-state index contributed by atoms with van der Waals surface area (Å²) in [6.45, 7) is 19.2. The number of hydrogen-bond acceptors (Lipinski definition) is 16. The van der Waals surface area contributed by atoms with Crippen molar-refractivity contribution in [1.29, 1.82) is 0 Å². The highest BCUT2D eigenvalue weighted by atomic mass is 32.2. The highest BCUT2D eigenvalue weighted by Gasteiger charge is 2.26. The number of rotatable bonds is 30. The van der Waals surface area contributed by atoms with Crippen molar-refractivity contribution in [1.82, 2.24) is 21.3 Å². The summed E-state index contributed by atoms with van der Waals surface area (Å²) in [5.74, 6) is -0.0552. The molecule has 0 radical (unpaired) electrons. The molecule has 4 aromatic carbocycles. The maximum atomic E-state index is 11.9. The smallest absolute Gasteiger partial charge is 0.327 e. The number of amides is 4. The second-order valence-electron chi connectivity index (χ2n) is 22.4. The molecular formula is C68H102N4O12S8. The number of aliphatic carboxylic acids is 4. The summed E-state index contributed by atoms with van der Waals surface area (Å²) in [6.07, 6.45) is 8.40. The van der Waals surface area contributed by atoms with E-state index < -0.39 is 48.0 Å². The van der Waals surface area contributed by atoms with Crippen LogP contribution in [0.25, 0.3) is 0 Å². The van der Waals surface area contributed by atoms with Crippen LogP contribution in [0.2, 0.25) is 0 Å². The Hall–Kier alpha value is -4.56. The minimum Gasteiger partial charge on any atom is -0.480 e. The number of carbonyl (C=O) groups is 8. The van der Waals surface area contributed by atoms with Gasteiger partial charge in [-0.25, -0.2) is 19.2 Å². The van der Waals surface area contributed by atoms with Crippen molar-refractivity contribution in [2.45, 2.75) is 143 Å². The van der Waals surface area contributed by atoms with Gasteiger partial charge in [0.25, 0.3) is 0 Å². The van der Waals surface area contributed by atoms with Gasteiger partial charge in [0.05, 0.1) is 0 Å². The first-order valence-electron chi connectivity index (χ1n) is 30.6. The molecule has 1 saturated carbocycles. The lowest BCUT2D eigenvalue weighted by Gasteiger charge is -2.22. The summed E-state index contributed by atoms with van der Waals surface area (Å²) in [5, 5.41) is 46.2. The standard InChI is InChI=1S/C20H29NO3S2.C15H21NO3S2.C9H17NO3S2.C8H15NO3S2.2C8H10/c1-14(11-25)19(22)21-18(20(23)24)13-26-12-15-7-9-17(10-8-15)16-5-3-2-4-6-16;1-10-3-5-12(6-4-10)8-21-9-13(15(18)19)16-14(17)11(2)7-20;1-3-15-5-7(9(12)13)10-8(11)6(2)4-14;1-5(3-13)7(10)9-6(4-14-2)8(11)12;2*1-7-3-5-8(2)6-4-7/h7-10,14,16,18,25H,2-6,11-13H2,1H3,(H,21,22)(H,23,24);3-6,11,13,20H,7-9H2,1-2H3,(H,16,17)(H,18,19);6-7,14H,3-5H2,1-2H3,(H,10,11)(H,12,13);5-6,13H,3-4H2,1-2H3,(H,9,10)(H,11,12);2*3-6H,1-2H3/t14-,18?;11-,13?;6-,7?;5-,6?;;/m1111../s1. The quantitative estimate of drug-likeness (QED) is 0.0217. The summed E-state index contributed by atoms with van der Waals surface area (Å²) in [7, 11) is 0. The topological polar surface area (TPSA) is 266 Å². The van der Waals surface area contributed by atoms with E-state index >= 15 is 0 Å². The first kappa shape index (κ1) is 87.4. The normalized spacial score (nSPS) is 14.2. The summed E-state index contributed by atoms with van der Waals surface area (Å²) in [6, 6.07) is 30.5. The van der Waals surface area contributed by atoms with Gasteiger partial charge in [0.2, 0.25) is 23.6 Å². The van der Waals surface area contributed by atoms with Crippen LogP contribution in [-0.2, 0) is 49.9 Å². The van der Waals surface area contributed by atoms with Gasteiger partial charge in [-0.1, -0.05) is 179 Å². The predicted molar refractivity (Wildman–Crippen MR) is 399 cm³/mol. The van der Waals surface area contributed by atoms with Crippen LogP contribution in [0.3, 0.4) is 0 Å². The molecular weight excluding hydrogens is 1320 g/mol. The molecule has 0 saturated heterocycles. The summed E-state index contributed by atoms with van der Waals surface area (Å²) in [4.78, 5) is 90.4. The number of carboxylic acid groups (broad SMARTS) is 4. The lowest BCUT2D eigenvalue weighted by Crippen LogP contribution is -2.45. The zero-order valence-corrected chi connectivity index (χ0v) is 62.1. The van der Waals surface area contributed by atoms with Crippen LogP contribution in [0.1, 0.15) is 117 Å². The Morgan fingerprint density at radius 1 is 0.413 bits per heavy atom. The first-order chi connectivity index (χ1) is 43.6. The van der Waals surface area contributed by atoms with Crippen molar-refractivity contribution in [3.63, 3.8) is 0 Å². The third-order valence-corrected chi connectivity index (χ3v) is 19.9. The zero-order valence-electron chi connectivity index (χ0n) is 55.2. The van der Waals surface area contributed by atoms with E-state index in [1.165, 1.54) is 118 Å². The molecule has 4 aromatic rings. The lowest BCUT2D eigenvalue weighted by atomic mass is 9.84. The minimum absolute atomic E-state index is 0.255. The van der Waals surface area contributed by atoms with Crippen molar-refractivity contribution in [2.24, 2.45) is 23.7 Å². The molecule has 0 aliphatic heterocycles. The van der Waals surface area contributed by atoms with Gasteiger partial charge in [-0.2, -0.15) is 97.6 Å². The van der Waals surface area contributed by atoms with Crippen LogP contribution in [-0.4, -0.2) is 150 Å². The molecule has 0 bridgehead atoms. The van der Waals surface area contributed by atoms with Gasteiger partial charge in [-0.05, 0) is 82.1 Å². The molecule has 8 atom stereocenters. The Morgan fingerprint density at radius 2 is 0.663 bits per heavy atom. The highest BCUT2D eigenvalue weighted by Crippen LogP contribution is 2.33. The van der Waals surface area contributed by atoms with Crippen molar-refractivity contribution in [2.75, 3.05) is 58.0 Å². The summed E-state index contributed by atoms with van der Waals surface area (Å²) in [5.41, 5.74) is 10.3. The van der Waals surface area contributed by atoms with Gasteiger partial charge in [-0.15, -0.1) is 0 Å². The van der Waals surface area contributed by atoms with Gasteiger partial charge in [0.1, 0.15) is 24.2 Å². The van der Waals surface area contributed by atoms with Crippen LogP contribution >= 0.6 is 97.6 Å². The molecule has 0 heterocycles. The van der Waals surface area contributed by atoms with Crippen LogP contribution in [0.15, 0.2) is 97.1 Å². The van der Waals surface area contributed by atoms with E-state index in [0.717, 1.165) is 22.8 Å². The molecule has 24 heteroatoms. The van der Waals surface area contributed by atoms with E-state index in [9.17, 15) is 43.5 Å². The van der Waals surface area contributed by atoms with E-state index in [2.05, 4.69) is 172 Å². The molecule has 1 fully saturated rings. The lowest BCUT2D eigenvalue weighted by molar-refractivity contribution is -0.141. The van der Waals surface area contributed by atoms with Crippen molar-refractivity contribution >= 4 is 145 Å².